The van der Waals surface area contributed by atoms with Crippen LogP contribution in [0.3, 0.4) is 0 Å². The lowest BCUT2D eigenvalue weighted by atomic mass is 10.00. The number of aryl methyl sites for hydroxylation is 6. The Morgan fingerprint density at radius 2 is 0.588 bits per heavy atom. The second-order valence-corrected chi connectivity index (χ2v) is 26.4. The molecule has 4 aliphatic heterocycles. The van der Waals surface area contributed by atoms with Gasteiger partial charge in [-0.1, -0.05) is 114 Å². The zero-order chi connectivity index (χ0) is 70.6. The van der Waals surface area contributed by atoms with Gasteiger partial charge in [0.25, 0.3) is 35.3 Å². The Balaban J connectivity index is 0.000000185. The van der Waals surface area contributed by atoms with Crippen molar-refractivity contribution in [1.82, 2.24) is 47.8 Å². The van der Waals surface area contributed by atoms with E-state index in [0.29, 0.717) is 33.9 Å². The molecule has 2 fully saturated rings. The van der Waals surface area contributed by atoms with E-state index >= 15 is 0 Å². The van der Waals surface area contributed by atoms with E-state index in [2.05, 4.69) is 9.13 Å². The van der Waals surface area contributed by atoms with E-state index in [1.54, 1.807) is 26.0 Å². The van der Waals surface area contributed by atoms with Gasteiger partial charge in [0, 0.05) is 34.8 Å². The van der Waals surface area contributed by atoms with Gasteiger partial charge < -0.3 is 24.0 Å². The summed E-state index contributed by atoms with van der Waals surface area (Å²) in [5.41, 5.74) is 15.8. The summed E-state index contributed by atoms with van der Waals surface area (Å²) in [6, 6.07) is 54.3. The quantitative estimate of drug-likeness (QED) is 0.0643. The molecule has 0 spiro atoms. The first-order chi connectivity index (χ1) is 48.1. The number of imide groups is 4. The lowest BCUT2D eigenvalue weighted by Crippen LogP contribution is -2.35. The number of likely N-dealkylation sites (tertiary alicyclic amines) is 2. The monoisotopic (exact) mass is 1360 g/mol. The number of nitrogens with zero attached hydrogens (tertiary/aromatic N) is 12. The van der Waals surface area contributed by atoms with Crippen molar-refractivity contribution in [3.63, 3.8) is 0 Å². The van der Waals surface area contributed by atoms with Crippen molar-refractivity contribution in [1.29, 1.82) is 0 Å². The summed E-state index contributed by atoms with van der Waals surface area (Å²) >= 11 is 0. The van der Waals surface area contributed by atoms with Gasteiger partial charge in [0.15, 0.2) is 35.4 Å². The summed E-state index contributed by atoms with van der Waals surface area (Å²) in [5, 5.41) is 0. The largest absolute Gasteiger partial charge is 0.358 e. The molecule has 20 nitrogen and oxygen atoms in total. The molecule has 12 aromatic rings. The fourth-order valence-electron chi connectivity index (χ4n) is 14.4. The summed E-state index contributed by atoms with van der Waals surface area (Å²) in [4.78, 5) is 122. The number of para-hydroxylation sites is 8. The van der Waals surface area contributed by atoms with Gasteiger partial charge in [0.1, 0.15) is 25.0 Å². The molecule has 20 heteroatoms. The molecular formula is C82H82N12O8. The molecule has 102 heavy (non-hydrogen) atoms. The van der Waals surface area contributed by atoms with Crippen LogP contribution in [0.4, 0.5) is 0 Å². The SMILES string of the molecule is CC.Cc1cc2c(cc1C)C(=O)N(Cn1c(-c3ccc(-c4n(CN5C(=O)C(C)C(C)C5=O)c5ccccc5[n+]4C)cc3)[n+](C)c3ccccc31)C2=O.Cc1cc2c(cc1C)C(=O)N(Cn1c(-c3ccc(-c4nc5ccccc5n4CN4C(=O)C(C)C(C)C4=O)cc3)nc3ccccc31)C2=O.[CH3-].[CH3-]. The van der Waals surface area contributed by atoms with E-state index in [1.807, 2.05) is 245 Å². The van der Waals surface area contributed by atoms with Crippen LogP contribution in [0.5, 0.6) is 0 Å². The average Bonchev–Trinajstić information content (AvgIpc) is 1.14. The van der Waals surface area contributed by atoms with Crippen LogP contribution in [0.25, 0.3) is 89.7 Å². The van der Waals surface area contributed by atoms with Gasteiger partial charge in [0.2, 0.25) is 23.6 Å². The first-order valence-corrected chi connectivity index (χ1v) is 33.8. The second-order valence-electron chi connectivity index (χ2n) is 26.4. The fraction of sp³-hybridized carbons (Fsp3) is 0.244. The zero-order valence-electron chi connectivity index (χ0n) is 59.9. The van der Waals surface area contributed by atoms with E-state index in [0.717, 1.165) is 100 Å². The van der Waals surface area contributed by atoms with Crippen LogP contribution in [0.2, 0.25) is 0 Å². The van der Waals surface area contributed by atoms with Crippen molar-refractivity contribution in [3.8, 4) is 45.6 Å². The van der Waals surface area contributed by atoms with Crippen LogP contribution in [0.15, 0.2) is 170 Å². The van der Waals surface area contributed by atoms with Crippen molar-refractivity contribution >= 4 is 91.4 Å². The number of benzene rings is 8. The van der Waals surface area contributed by atoms with Crippen LogP contribution in [0.1, 0.15) is 105 Å². The van der Waals surface area contributed by atoms with Gasteiger partial charge >= 0.3 is 0 Å². The highest BCUT2D eigenvalue weighted by molar-refractivity contribution is 6.22. The number of hydrogen-bond acceptors (Lipinski definition) is 10. The molecule has 0 aliphatic carbocycles. The van der Waals surface area contributed by atoms with Crippen molar-refractivity contribution in [2.24, 2.45) is 37.8 Å². The van der Waals surface area contributed by atoms with Crippen molar-refractivity contribution in [2.75, 3.05) is 0 Å². The minimum absolute atomic E-state index is 0. The van der Waals surface area contributed by atoms with Crippen molar-refractivity contribution in [2.45, 2.75) is 95.9 Å². The topological polar surface area (TPSA) is 203 Å². The van der Waals surface area contributed by atoms with Gasteiger partial charge in [-0.15, -0.1) is 0 Å². The highest BCUT2D eigenvalue weighted by Gasteiger charge is 2.46. The molecule has 0 bridgehead atoms. The Bertz CT molecular complexity index is 5360. The highest BCUT2D eigenvalue weighted by Crippen LogP contribution is 2.37. The first-order valence-electron chi connectivity index (χ1n) is 33.8. The fourth-order valence-corrected chi connectivity index (χ4v) is 14.4. The molecule has 0 saturated carbocycles. The predicted molar refractivity (Wildman–Crippen MR) is 392 cm³/mol. The maximum Gasteiger partial charge on any atom is 0.291 e. The Morgan fingerprint density at radius 1 is 0.333 bits per heavy atom. The molecule has 4 unspecified atom stereocenters. The number of amides is 8. The molecule has 4 aliphatic rings. The summed E-state index contributed by atoms with van der Waals surface area (Å²) in [6.07, 6.45) is 0. The molecule has 4 atom stereocenters. The van der Waals surface area contributed by atoms with Gasteiger partial charge in [-0.3, -0.25) is 48.2 Å². The van der Waals surface area contributed by atoms with Gasteiger partial charge in [0.05, 0.1) is 69.5 Å². The van der Waals surface area contributed by atoms with Crippen molar-refractivity contribution in [3.05, 3.63) is 229 Å². The maximum atomic E-state index is 13.6. The molecule has 16 rings (SSSR count). The molecule has 0 N–H and O–H groups in total. The number of rotatable bonds is 12. The molecule has 8 heterocycles. The van der Waals surface area contributed by atoms with Crippen LogP contribution in [-0.4, -0.2) is 95.1 Å². The van der Waals surface area contributed by atoms with Crippen LogP contribution in [0, 0.1) is 66.2 Å². The van der Waals surface area contributed by atoms with E-state index in [1.165, 1.54) is 19.6 Å². The van der Waals surface area contributed by atoms with E-state index in [-0.39, 0.29) is 112 Å². The highest BCUT2D eigenvalue weighted by atomic mass is 16.2. The smallest absolute Gasteiger partial charge is 0.291 e. The Hall–Kier alpha value is -11.8. The molecule has 8 aromatic carbocycles. The molecule has 2 saturated heterocycles. The summed E-state index contributed by atoms with van der Waals surface area (Å²) in [6.45, 7) is 19.2. The number of aromatic nitrogens is 8. The van der Waals surface area contributed by atoms with Crippen LogP contribution >= 0.6 is 0 Å². The summed E-state index contributed by atoms with van der Waals surface area (Å²) in [5.74, 6) is -0.475. The minimum atomic E-state index is -0.372. The molecule has 518 valence electrons. The second kappa shape index (κ2) is 27.0. The van der Waals surface area contributed by atoms with E-state index < -0.39 is 0 Å². The summed E-state index contributed by atoms with van der Waals surface area (Å²) in [7, 11) is 3.98. The zero-order valence-corrected chi connectivity index (χ0v) is 59.9. The third-order valence-corrected chi connectivity index (χ3v) is 20.7. The molecule has 0 radical (unpaired) electrons. The molecule has 8 amide bonds. The average molecular weight is 1360 g/mol. The number of fused-ring (bicyclic) bond motifs is 6. The maximum absolute atomic E-state index is 13.6. The van der Waals surface area contributed by atoms with Crippen LogP contribution < -0.4 is 9.13 Å². The Morgan fingerprint density at radius 3 is 0.912 bits per heavy atom. The number of carbonyl (C=O) groups is 8. The lowest BCUT2D eigenvalue weighted by Gasteiger charge is -2.19. The molecule has 4 aromatic heterocycles. The van der Waals surface area contributed by atoms with E-state index in [9.17, 15) is 38.4 Å². The number of hydrogen-bond donors (Lipinski definition) is 0. The Kier molecular flexibility index (Phi) is 18.6. The third-order valence-electron chi connectivity index (χ3n) is 20.7. The normalized spacial score (nSPS) is 17.1. The van der Waals surface area contributed by atoms with E-state index in [4.69, 9.17) is 9.97 Å². The van der Waals surface area contributed by atoms with Gasteiger partial charge in [-0.25, -0.2) is 38.0 Å². The number of carbonyl (C=O) groups excluding carboxylic acids is 8. The first kappa shape index (κ1) is 70.1. The van der Waals surface area contributed by atoms with Crippen LogP contribution in [-0.2, 0) is 59.9 Å². The van der Waals surface area contributed by atoms with Gasteiger partial charge in [-0.2, -0.15) is 0 Å². The predicted octanol–water partition coefficient (Wildman–Crippen LogP) is 13.2. The standard InChI is InChI=1S/C40H38N6O4.C38H32N6O4.C2H6.2CH3/c1-23-19-29-30(20-24(23)2)40(50)46(39(29)49)22-44-34-14-10-8-12-32(34)42(6)36(44)28-17-15-27(16-18-28)35-41(5)31-11-7-9-13-33(31)43(35)21-45-37(47)25(3)26(4)38(45)48;1-21-17-27-28(18-22(21)2)38(48)44(37(27)47)20-42-32-12-8-6-10-30(32)40-34(42)26-15-13-25(14-16-26)33-39-29-9-5-7-11-31(29)41(33)19-43-35(45)23(3)24(4)36(43)46;1-2;;/h7-20,25-26H,21-22H2,1-6H3;5-18,23-24H,19-20H2,1-4H3;1-2H3;2*1H3/q+2;;;2*-1. The minimum Gasteiger partial charge on any atom is -0.358 e. The number of imidazole rings is 4. The third kappa shape index (κ3) is 11.2. The molecular weight excluding hydrogens is 1280 g/mol. The summed E-state index contributed by atoms with van der Waals surface area (Å²) < 4.78 is 12.0. The van der Waals surface area contributed by atoms with Gasteiger partial charge in [-0.05, 0) is 147 Å². The Labute approximate surface area is 592 Å². The lowest BCUT2D eigenvalue weighted by molar-refractivity contribution is -0.634. The van der Waals surface area contributed by atoms with Crippen molar-refractivity contribution < 1.29 is 47.5 Å².